The molecule has 0 radical (unpaired) electrons. The van der Waals surface area contributed by atoms with Crippen LogP contribution < -0.4 is 0 Å². The van der Waals surface area contributed by atoms with Crippen LogP contribution in [-0.4, -0.2) is 23.5 Å². The summed E-state index contributed by atoms with van der Waals surface area (Å²) in [6.45, 7) is 3.22. The van der Waals surface area contributed by atoms with Crippen LogP contribution >= 0.6 is 0 Å². The number of carboxylic acid groups (broad SMARTS) is 1. The van der Waals surface area contributed by atoms with Gasteiger partial charge < -0.3 is 5.11 Å². The standard InChI is InChI=1S/C18H16FNO4S/c1-11-5-3-4-6-17(11)25(23,24)20-12(2)14(10-18(21)22)15-9-13(19)7-8-16(15)20/h3-9H,10H2,1-2H3,(H,21,22). The highest BCUT2D eigenvalue weighted by atomic mass is 32.2. The fourth-order valence-electron chi connectivity index (χ4n) is 3.05. The Labute approximate surface area is 144 Å². The van der Waals surface area contributed by atoms with Crippen molar-refractivity contribution >= 4 is 26.9 Å². The van der Waals surface area contributed by atoms with Gasteiger partial charge in [-0.15, -0.1) is 0 Å². The molecule has 3 aromatic rings. The Balaban J connectivity index is 2.39. The van der Waals surface area contributed by atoms with Crippen LogP contribution in [0.2, 0.25) is 0 Å². The summed E-state index contributed by atoms with van der Waals surface area (Å²) in [5.74, 6) is -1.66. The van der Waals surface area contributed by atoms with Crippen molar-refractivity contribution in [2.75, 3.05) is 0 Å². The van der Waals surface area contributed by atoms with E-state index in [0.717, 1.165) is 10.0 Å². The van der Waals surface area contributed by atoms with Gasteiger partial charge in [-0.1, -0.05) is 18.2 Å². The minimum Gasteiger partial charge on any atom is -0.481 e. The van der Waals surface area contributed by atoms with Crippen LogP contribution in [0.15, 0.2) is 47.4 Å². The molecule has 0 aliphatic carbocycles. The summed E-state index contributed by atoms with van der Waals surface area (Å²) in [5, 5.41) is 9.43. The van der Waals surface area contributed by atoms with Gasteiger partial charge >= 0.3 is 5.97 Å². The Morgan fingerprint density at radius 3 is 2.48 bits per heavy atom. The summed E-state index contributed by atoms with van der Waals surface area (Å²) in [4.78, 5) is 11.3. The molecule has 0 fully saturated rings. The molecule has 0 saturated carbocycles. The summed E-state index contributed by atoms with van der Waals surface area (Å²) in [6.07, 6.45) is -0.387. The number of halogens is 1. The summed E-state index contributed by atoms with van der Waals surface area (Å²) >= 11 is 0. The molecule has 0 saturated heterocycles. The molecule has 0 unspecified atom stereocenters. The van der Waals surface area contributed by atoms with Crippen molar-refractivity contribution < 1.29 is 22.7 Å². The Hall–Kier alpha value is -2.67. The number of aryl methyl sites for hydroxylation is 1. The molecule has 1 aromatic heterocycles. The lowest BCUT2D eigenvalue weighted by Crippen LogP contribution is -2.16. The van der Waals surface area contributed by atoms with Gasteiger partial charge in [0.05, 0.1) is 16.8 Å². The highest BCUT2D eigenvalue weighted by Gasteiger charge is 2.26. The van der Waals surface area contributed by atoms with Crippen LogP contribution in [0, 0.1) is 19.7 Å². The highest BCUT2D eigenvalue weighted by molar-refractivity contribution is 7.90. The molecule has 0 bridgehead atoms. The van der Waals surface area contributed by atoms with Crippen LogP contribution in [0.25, 0.3) is 10.9 Å². The fourth-order valence-corrected chi connectivity index (χ4v) is 4.86. The normalized spacial score (nSPS) is 11.8. The molecule has 0 amide bonds. The van der Waals surface area contributed by atoms with Gasteiger partial charge in [-0.05, 0) is 49.2 Å². The first kappa shape index (κ1) is 17.2. The molecule has 1 heterocycles. The van der Waals surface area contributed by atoms with E-state index >= 15 is 0 Å². The lowest BCUT2D eigenvalue weighted by molar-refractivity contribution is -0.136. The van der Waals surface area contributed by atoms with Crippen molar-refractivity contribution in [3.8, 4) is 0 Å². The van der Waals surface area contributed by atoms with Gasteiger partial charge in [0.25, 0.3) is 10.0 Å². The first-order valence-electron chi connectivity index (χ1n) is 7.56. The van der Waals surface area contributed by atoms with E-state index in [1.165, 1.54) is 25.1 Å². The molecule has 3 rings (SSSR count). The number of aromatic nitrogens is 1. The first-order valence-corrected chi connectivity index (χ1v) is 9.00. The maximum Gasteiger partial charge on any atom is 0.307 e. The molecule has 0 aliphatic rings. The summed E-state index contributed by atoms with van der Waals surface area (Å²) in [7, 11) is -3.95. The molecule has 25 heavy (non-hydrogen) atoms. The lowest BCUT2D eigenvalue weighted by Gasteiger charge is -2.12. The quantitative estimate of drug-likeness (QED) is 0.774. The third kappa shape index (κ3) is 2.80. The van der Waals surface area contributed by atoms with Gasteiger partial charge in [-0.25, -0.2) is 16.8 Å². The molecule has 5 nitrogen and oxygen atoms in total. The number of carbonyl (C=O) groups is 1. The van der Waals surface area contributed by atoms with E-state index in [9.17, 15) is 17.6 Å². The van der Waals surface area contributed by atoms with E-state index in [0.29, 0.717) is 11.1 Å². The third-order valence-electron chi connectivity index (χ3n) is 4.18. The van der Waals surface area contributed by atoms with E-state index in [4.69, 9.17) is 5.11 Å². The SMILES string of the molecule is Cc1ccccc1S(=O)(=O)n1c(C)c(CC(=O)O)c2cc(F)ccc21. The van der Waals surface area contributed by atoms with E-state index in [1.54, 1.807) is 25.1 Å². The van der Waals surface area contributed by atoms with E-state index in [1.807, 2.05) is 0 Å². The van der Waals surface area contributed by atoms with Crippen LogP contribution in [0.4, 0.5) is 4.39 Å². The minimum absolute atomic E-state index is 0.126. The molecule has 2 aromatic carbocycles. The zero-order valence-corrected chi connectivity index (χ0v) is 14.5. The average molecular weight is 361 g/mol. The van der Waals surface area contributed by atoms with Crippen molar-refractivity contribution in [1.82, 2.24) is 3.97 Å². The number of aliphatic carboxylic acids is 1. The molecular weight excluding hydrogens is 345 g/mol. The third-order valence-corrected chi connectivity index (χ3v) is 6.15. The van der Waals surface area contributed by atoms with Crippen LogP contribution in [0.3, 0.4) is 0 Å². The number of fused-ring (bicyclic) bond motifs is 1. The average Bonchev–Trinajstić information content (AvgIpc) is 2.79. The van der Waals surface area contributed by atoms with Crippen molar-refractivity contribution in [2.45, 2.75) is 25.2 Å². The predicted octanol–water partition coefficient (Wildman–Crippen LogP) is 3.26. The number of rotatable bonds is 4. The Morgan fingerprint density at radius 2 is 1.84 bits per heavy atom. The molecule has 0 spiro atoms. The number of hydrogen-bond donors (Lipinski definition) is 1. The van der Waals surface area contributed by atoms with Crippen molar-refractivity contribution in [1.29, 1.82) is 0 Å². The minimum atomic E-state index is -3.95. The summed E-state index contributed by atoms with van der Waals surface area (Å²) in [5.41, 5.74) is 1.40. The Bertz CT molecular complexity index is 1100. The second-order valence-electron chi connectivity index (χ2n) is 5.83. The van der Waals surface area contributed by atoms with Gasteiger partial charge in [0, 0.05) is 11.1 Å². The number of benzene rings is 2. The molecule has 0 aliphatic heterocycles. The van der Waals surface area contributed by atoms with Crippen LogP contribution in [0.5, 0.6) is 0 Å². The maximum absolute atomic E-state index is 13.7. The highest BCUT2D eigenvalue weighted by Crippen LogP contribution is 2.31. The second-order valence-corrected chi connectivity index (χ2v) is 7.59. The van der Waals surface area contributed by atoms with E-state index in [2.05, 4.69) is 0 Å². The lowest BCUT2D eigenvalue weighted by atomic mass is 10.1. The smallest absolute Gasteiger partial charge is 0.307 e. The number of hydrogen-bond acceptors (Lipinski definition) is 3. The molecule has 130 valence electrons. The van der Waals surface area contributed by atoms with Crippen molar-refractivity contribution in [3.63, 3.8) is 0 Å². The van der Waals surface area contributed by atoms with Gasteiger partial charge in [-0.2, -0.15) is 0 Å². The second kappa shape index (κ2) is 6.00. The number of carboxylic acids is 1. The largest absolute Gasteiger partial charge is 0.481 e. The van der Waals surface area contributed by atoms with Crippen molar-refractivity contribution in [3.05, 3.63) is 65.1 Å². The van der Waals surface area contributed by atoms with Gasteiger partial charge in [0.2, 0.25) is 0 Å². The zero-order valence-electron chi connectivity index (χ0n) is 13.7. The molecule has 0 atom stereocenters. The predicted molar refractivity (Wildman–Crippen MR) is 91.7 cm³/mol. The molecule has 7 heteroatoms. The Morgan fingerprint density at radius 1 is 1.16 bits per heavy atom. The zero-order chi connectivity index (χ0) is 18.4. The number of nitrogens with zero attached hydrogens (tertiary/aromatic N) is 1. The summed E-state index contributed by atoms with van der Waals surface area (Å²) in [6, 6.07) is 10.2. The van der Waals surface area contributed by atoms with E-state index < -0.39 is 21.8 Å². The summed E-state index contributed by atoms with van der Waals surface area (Å²) < 4.78 is 41.2. The topological polar surface area (TPSA) is 76.4 Å². The van der Waals surface area contributed by atoms with Gasteiger partial charge in [-0.3, -0.25) is 4.79 Å². The maximum atomic E-state index is 13.7. The monoisotopic (exact) mass is 361 g/mol. The molecular formula is C18H16FNO4S. The van der Waals surface area contributed by atoms with Crippen molar-refractivity contribution in [2.24, 2.45) is 0 Å². The van der Waals surface area contributed by atoms with Crippen LogP contribution in [-0.2, 0) is 21.2 Å². The first-order chi connectivity index (χ1) is 11.7. The van der Waals surface area contributed by atoms with Crippen LogP contribution in [0.1, 0.15) is 16.8 Å². The molecule has 1 N–H and O–H groups in total. The fraction of sp³-hybridized carbons (Fsp3) is 0.167. The van der Waals surface area contributed by atoms with Gasteiger partial charge in [0.1, 0.15) is 5.82 Å². The van der Waals surface area contributed by atoms with Gasteiger partial charge in [0.15, 0.2) is 0 Å². The van der Waals surface area contributed by atoms with E-state index in [-0.39, 0.29) is 27.9 Å². The Kier molecular flexibility index (Phi) is 4.12.